The summed E-state index contributed by atoms with van der Waals surface area (Å²) in [6.45, 7) is 1.33. The van der Waals surface area contributed by atoms with Gasteiger partial charge in [0.1, 0.15) is 23.7 Å². The van der Waals surface area contributed by atoms with E-state index in [1.807, 2.05) is 12.1 Å². The standard InChI is InChI=1S/C23H24ClFN4O/c24-15-9-21-23(29-13-28-21)22(10-15)30-8-7-26-17-4-1-14(2-5-17)19-12-27-20-6-3-16(25)11-18(19)20/h3,6,9-14,17,26-27H,1-2,4-5,7-8H2,(H,28,29). The van der Waals surface area contributed by atoms with Crippen LogP contribution in [0.5, 0.6) is 5.75 Å². The molecule has 156 valence electrons. The van der Waals surface area contributed by atoms with Crippen LogP contribution in [0.1, 0.15) is 37.2 Å². The molecule has 0 spiro atoms. The monoisotopic (exact) mass is 426 g/mol. The van der Waals surface area contributed by atoms with Gasteiger partial charge in [-0.25, -0.2) is 9.37 Å². The maximum Gasteiger partial charge on any atom is 0.148 e. The lowest BCUT2D eigenvalue weighted by molar-refractivity contribution is 0.284. The summed E-state index contributed by atoms with van der Waals surface area (Å²) in [6, 6.07) is 9.10. The molecule has 0 atom stereocenters. The number of benzene rings is 2. The Labute approximate surface area is 179 Å². The molecule has 1 saturated carbocycles. The highest BCUT2D eigenvalue weighted by atomic mass is 35.5. The number of rotatable bonds is 6. The van der Waals surface area contributed by atoms with Crippen molar-refractivity contribution >= 4 is 33.5 Å². The molecule has 4 aromatic rings. The Morgan fingerprint density at radius 1 is 1.10 bits per heavy atom. The van der Waals surface area contributed by atoms with Crippen LogP contribution in [0.3, 0.4) is 0 Å². The second-order valence-electron chi connectivity index (χ2n) is 7.99. The second kappa shape index (κ2) is 8.28. The number of ether oxygens (including phenoxy) is 1. The largest absolute Gasteiger partial charge is 0.490 e. The molecule has 0 bridgehead atoms. The number of hydrogen-bond donors (Lipinski definition) is 3. The van der Waals surface area contributed by atoms with Gasteiger partial charge in [-0.1, -0.05) is 11.6 Å². The Bertz CT molecular complexity index is 1160. The third kappa shape index (κ3) is 3.89. The molecule has 0 unspecified atom stereocenters. The summed E-state index contributed by atoms with van der Waals surface area (Å²) in [5.74, 6) is 1.01. The Balaban J connectivity index is 1.12. The average molecular weight is 427 g/mol. The Hall–Kier alpha value is -2.57. The normalized spacial score (nSPS) is 19.5. The number of aromatic nitrogens is 3. The molecule has 0 radical (unpaired) electrons. The van der Waals surface area contributed by atoms with Gasteiger partial charge in [-0.15, -0.1) is 0 Å². The van der Waals surface area contributed by atoms with E-state index in [4.69, 9.17) is 16.3 Å². The van der Waals surface area contributed by atoms with E-state index < -0.39 is 0 Å². The topological polar surface area (TPSA) is 65.7 Å². The van der Waals surface area contributed by atoms with Crippen molar-refractivity contribution in [3.05, 3.63) is 59.3 Å². The Morgan fingerprint density at radius 3 is 2.83 bits per heavy atom. The predicted molar refractivity (Wildman–Crippen MR) is 118 cm³/mol. The zero-order chi connectivity index (χ0) is 20.5. The smallest absolute Gasteiger partial charge is 0.148 e. The van der Waals surface area contributed by atoms with Crippen LogP contribution in [0, 0.1) is 5.82 Å². The van der Waals surface area contributed by atoms with Crippen molar-refractivity contribution in [3.8, 4) is 5.75 Å². The second-order valence-corrected chi connectivity index (χ2v) is 8.42. The van der Waals surface area contributed by atoms with Crippen molar-refractivity contribution in [2.75, 3.05) is 13.2 Å². The first-order chi connectivity index (χ1) is 14.7. The molecule has 0 amide bonds. The van der Waals surface area contributed by atoms with Gasteiger partial charge in [0, 0.05) is 40.8 Å². The molecule has 2 heterocycles. The molecule has 1 aliphatic carbocycles. The fraction of sp³-hybridized carbons (Fsp3) is 0.348. The van der Waals surface area contributed by atoms with Crippen LogP contribution in [0.25, 0.3) is 21.9 Å². The van der Waals surface area contributed by atoms with E-state index in [-0.39, 0.29) is 5.82 Å². The predicted octanol–water partition coefficient (Wildman–Crippen LogP) is 5.53. The van der Waals surface area contributed by atoms with Gasteiger partial charge < -0.3 is 20.0 Å². The lowest BCUT2D eigenvalue weighted by Crippen LogP contribution is -2.35. The molecule has 5 nitrogen and oxygen atoms in total. The molecular formula is C23H24ClFN4O. The summed E-state index contributed by atoms with van der Waals surface area (Å²) in [4.78, 5) is 10.6. The van der Waals surface area contributed by atoms with Crippen molar-refractivity contribution in [3.63, 3.8) is 0 Å². The van der Waals surface area contributed by atoms with E-state index in [0.717, 1.165) is 54.2 Å². The van der Waals surface area contributed by atoms with Gasteiger partial charge in [0.15, 0.2) is 0 Å². The number of nitrogens with one attached hydrogen (secondary N) is 3. The summed E-state index contributed by atoms with van der Waals surface area (Å²) in [5, 5.41) is 5.26. The van der Waals surface area contributed by atoms with Crippen molar-refractivity contribution in [1.82, 2.24) is 20.3 Å². The van der Waals surface area contributed by atoms with E-state index >= 15 is 0 Å². The van der Waals surface area contributed by atoms with Crippen molar-refractivity contribution < 1.29 is 9.13 Å². The number of nitrogens with zero attached hydrogens (tertiary/aromatic N) is 1. The van der Waals surface area contributed by atoms with E-state index in [2.05, 4.69) is 26.5 Å². The number of aromatic amines is 2. The summed E-state index contributed by atoms with van der Waals surface area (Å²) in [5.41, 5.74) is 3.93. The van der Waals surface area contributed by atoms with Crippen molar-refractivity contribution in [1.29, 1.82) is 0 Å². The van der Waals surface area contributed by atoms with Gasteiger partial charge in [-0.2, -0.15) is 0 Å². The minimum absolute atomic E-state index is 0.175. The molecule has 30 heavy (non-hydrogen) atoms. The number of H-pyrrole nitrogens is 2. The minimum atomic E-state index is -0.175. The highest BCUT2D eigenvalue weighted by Gasteiger charge is 2.24. The van der Waals surface area contributed by atoms with Crippen molar-refractivity contribution in [2.24, 2.45) is 0 Å². The fourth-order valence-corrected chi connectivity index (χ4v) is 4.79. The van der Waals surface area contributed by atoms with Crippen LogP contribution in [0.4, 0.5) is 4.39 Å². The van der Waals surface area contributed by atoms with E-state index in [9.17, 15) is 4.39 Å². The molecule has 0 saturated heterocycles. The molecule has 5 rings (SSSR count). The first-order valence-corrected chi connectivity index (χ1v) is 10.8. The first kappa shape index (κ1) is 19.4. The summed E-state index contributed by atoms with van der Waals surface area (Å²) >= 11 is 6.15. The van der Waals surface area contributed by atoms with Gasteiger partial charge in [0.2, 0.25) is 0 Å². The zero-order valence-corrected chi connectivity index (χ0v) is 17.3. The Morgan fingerprint density at radius 2 is 1.97 bits per heavy atom. The van der Waals surface area contributed by atoms with Gasteiger partial charge >= 0.3 is 0 Å². The van der Waals surface area contributed by atoms with Gasteiger partial charge in [0.05, 0.1) is 11.8 Å². The number of imidazole rings is 1. The van der Waals surface area contributed by atoms with E-state index in [1.165, 1.54) is 11.6 Å². The van der Waals surface area contributed by atoms with Gasteiger partial charge in [0.25, 0.3) is 0 Å². The molecule has 1 fully saturated rings. The first-order valence-electron chi connectivity index (χ1n) is 10.4. The van der Waals surface area contributed by atoms with Crippen LogP contribution >= 0.6 is 11.6 Å². The maximum absolute atomic E-state index is 13.7. The molecule has 2 aromatic heterocycles. The minimum Gasteiger partial charge on any atom is -0.490 e. The molecular weight excluding hydrogens is 403 g/mol. The van der Waals surface area contributed by atoms with E-state index in [1.54, 1.807) is 18.5 Å². The number of halogens is 2. The lowest BCUT2D eigenvalue weighted by Gasteiger charge is -2.29. The molecule has 0 aliphatic heterocycles. The van der Waals surface area contributed by atoms with Crippen LogP contribution in [0.15, 0.2) is 42.9 Å². The van der Waals surface area contributed by atoms with Crippen LogP contribution in [-0.2, 0) is 0 Å². The van der Waals surface area contributed by atoms with E-state index in [0.29, 0.717) is 29.3 Å². The maximum atomic E-state index is 13.7. The summed E-state index contributed by atoms with van der Waals surface area (Å²) in [7, 11) is 0. The van der Waals surface area contributed by atoms with Crippen LogP contribution in [0.2, 0.25) is 5.02 Å². The Kier molecular flexibility index (Phi) is 5.35. The SMILES string of the molecule is Fc1ccc2[nH]cc(C3CCC(NCCOc4cc(Cl)cc5[nH]cnc45)CC3)c2c1. The van der Waals surface area contributed by atoms with Gasteiger partial charge in [-0.05, 0) is 61.4 Å². The van der Waals surface area contributed by atoms with Crippen LogP contribution in [-0.4, -0.2) is 34.1 Å². The number of fused-ring (bicyclic) bond motifs is 2. The highest BCUT2D eigenvalue weighted by molar-refractivity contribution is 6.31. The third-order valence-electron chi connectivity index (χ3n) is 6.09. The fourth-order valence-electron chi connectivity index (χ4n) is 4.58. The average Bonchev–Trinajstić information content (AvgIpc) is 3.38. The third-order valence-corrected chi connectivity index (χ3v) is 6.31. The lowest BCUT2D eigenvalue weighted by atomic mass is 9.81. The van der Waals surface area contributed by atoms with Crippen molar-refractivity contribution in [2.45, 2.75) is 37.6 Å². The quantitative estimate of drug-likeness (QED) is 0.355. The summed E-state index contributed by atoms with van der Waals surface area (Å²) in [6.07, 6.45) is 8.11. The zero-order valence-electron chi connectivity index (χ0n) is 16.6. The van der Waals surface area contributed by atoms with Crippen LogP contribution < -0.4 is 10.1 Å². The summed E-state index contributed by atoms with van der Waals surface area (Å²) < 4.78 is 19.6. The number of hydrogen-bond acceptors (Lipinski definition) is 3. The molecule has 3 N–H and O–H groups in total. The molecule has 2 aromatic carbocycles. The highest BCUT2D eigenvalue weighted by Crippen LogP contribution is 2.36. The molecule has 1 aliphatic rings. The van der Waals surface area contributed by atoms with Gasteiger partial charge in [-0.3, -0.25) is 0 Å². The molecule has 7 heteroatoms.